The maximum atomic E-state index is 12.9. The topological polar surface area (TPSA) is 107 Å². The van der Waals surface area contributed by atoms with Gasteiger partial charge in [0.15, 0.2) is 0 Å². The number of alkyl carbamates (subject to hydrolysis) is 1. The van der Waals surface area contributed by atoms with E-state index < -0.39 is 29.8 Å². The van der Waals surface area contributed by atoms with Crippen LogP contribution < -0.4 is 5.32 Å². The lowest BCUT2D eigenvalue weighted by Gasteiger charge is -2.19. The Kier molecular flexibility index (Phi) is 7.72. The second-order valence-corrected chi connectivity index (χ2v) is 11.7. The van der Waals surface area contributed by atoms with E-state index in [4.69, 9.17) is 32.7 Å². The molecule has 0 aliphatic heterocycles. The van der Waals surface area contributed by atoms with Crippen molar-refractivity contribution in [2.75, 3.05) is 6.61 Å². The highest BCUT2D eigenvalue weighted by molar-refractivity contribution is 6.42. The van der Waals surface area contributed by atoms with Gasteiger partial charge in [0.25, 0.3) is 0 Å². The normalized spacial score (nSPS) is 13.4. The third-order valence-electron chi connectivity index (χ3n) is 6.88. The van der Waals surface area contributed by atoms with Crippen molar-refractivity contribution in [2.45, 2.75) is 44.8 Å². The van der Waals surface area contributed by atoms with Crippen LogP contribution in [0.5, 0.6) is 0 Å². The number of nitrogens with zero attached hydrogens (tertiary/aromatic N) is 1. The highest BCUT2D eigenvalue weighted by atomic mass is 35.5. The SMILES string of the molecule is CC(C)(C)OC(=O)n1cc(C[C@H](NC(=O)OCC2c3ccccc3-c3ccccc32)C(=O)O)c2cc(Cl)c(Cl)cc21. The van der Waals surface area contributed by atoms with Gasteiger partial charge in [-0.1, -0.05) is 71.7 Å². The Bertz CT molecular complexity index is 1630. The summed E-state index contributed by atoms with van der Waals surface area (Å²) in [6.07, 6.45) is -0.204. The molecule has 10 heteroatoms. The quantitative estimate of drug-likeness (QED) is 0.243. The van der Waals surface area contributed by atoms with Crippen LogP contribution in [0.4, 0.5) is 9.59 Å². The maximum Gasteiger partial charge on any atom is 0.419 e. The van der Waals surface area contributed by atoms with Crippen LogP contribution in [0.25, 0.3) is 22.0 Å². The molecule has 0 saturated carbocycles. The van der Waals surface area contributed by atoms with Crippen LogP contribution in [0.2, 0.25) is 10.0 Å². The Morgan fingerprint density at radius 3 is 2.15 bits per heavy atom. The first-order valence-corrected chi connectivity index (χ1v) is 13.7. The fraction of sp³-hybridized carbons (Fsp3) is 0.258. The van der Waals surface area contributed by atoms with Crippen molar-refractivity contribution < 1.29 is 29.0 Å². The smallest absolute Gasteiger partial charge is 0.419 e. The molecule has 0 spiro atoms. The van der Waals surface area contributed by atoms with Gasteiger partial charge in [0.2, 0.25) is 0 Å². The zero-order valence-electron chi connectivity index (χ0n) is 22.6. The standard InChI is InChI=1S/C31H28Cl2N2O6/c1-31(2,3)41-30(39)35-15-17(22-13-24(32)25(33)14-27(22)35)12-26(28(36)37)34-29(38)40-16-23-20-10-6-4-8-18(20)19-9-5-7-11-21(19)23/h4-11,13-15,23,26H,12,16H2,1-3H3,(H,34,38)(H,36,37)/t26-/m0/s1. The Hall–Kier alpha value is -4.01. The van der Waals surface area contributed by atoms with Crippen LogP contribution in [-0.4, -0.2) is 46.1 Å². The van der Waals surface area contributed by atoms with Crippen LogP contribution >= 0.6 is 23.2 Å². The highest BCUT2D eigenvalue weighted by Gasteiger charge is 2.30. The fourth-order valence-corrected chi connectivity index (χ4v) is 5.44. The average molecular weight is 595 g/mol. The summed E-state index contributed by atoms with van der Waals surface area (Å²) in [6.45, 7) is 5.25. The van der Waals surface area contributed by atoms with Crippen molar-refractivity contribution in [3.05, 3.63) is 93.6 Å². The Balaban J connectivity index is 1.35. The minimum Gasteiger partial charge on any atom is -0.480 e. The lowest BCUT2D eigenvalue weighted by molar-refractivity contribution is -0.139. The molecular formula is C31H28Cl2N2O6. The van der Waals surface area contributed by atoms with Crippen molar-refractivity contribution >= 4 is 52.3 Å². The molecular weight excluding hydrogens is 567 g/mol. The van der Waals surface area contributed by atoms with E-state index in [0.717, 1.165) is 22.3 Å². The third-order valence-corrected chi connectivity index (χ3v) is 7.60. The van der Waals surface area contributed by atoms with Gasteiger partial charge in [0.1, 0.15) is 18.2 Å². The molecule has 0 radical (unpaired) electrons. The van der Waals surface area contributed by atoms with E-state index >= 15 is 0 Å². The first-order valence-electron chi connectivity index (χ1n) is 13.0. The predicted molar refractivity (Wildman–Crippen MR) is 157 cm³/mol. The molecule has 4 aromatic rings. The number of carboxylic acids is 1. The number of rotatable bonds is 6. The molecule has 5 rings (SSSR count). The van der Waals surface area contributed by atoms with Gasteiger partial charge in [-0.3, -0.25) is 4.57 Å². The van der Waals surface area contributed by atoms with Gasteiger partial charge in [0, 0.05) is 23.9 Å². The van der Waals surface area contributed by atoms with E-state index in [9.17, 15) is 19.5 Å². The van der Waals surface area contributed by atoms with Gasteiger partial charge in [-0.2, -0.15) is 0 Å². The molecule has 0 fully saturated rings. The molecule has 2 N–H and O–H groups in total. The van der Waals surface area contributed by atoms with Gasteiger partial charge in [-0.15, -0.1) is 0 Å². The number of hydrogen-bond donors (Lipinski definition) is 2. The first-order chi connectivity index (χ1) is 19.4. The summed E-state index contributed by atoms with van der Waals surface area (Å²) in [7, 11) is 0. The summed E-state index contributed by atoms with van der Waals surface area (Å²) in [5.41, 5.74) is 4.34. The number of amides is 1. The molecule has 8 nitrogen and oxygen atoms in total. The van der Waals surface area contributed by atoms with E-state index in [1.165, 1.54) is 16.8 Å². The van der Waals surface area contributed by atoms with Crippen LogP contribution in [0.1, 0.15) is 43.4 Å². The Labute approximate surface area is 246 Å². The lowest BCUT2D eigenvalue weighted by Crippen LogP contribution is -2.42. The van der Waals surface area contributed by atoms with Crippen LogP contribution in [0.3, 0.4) is 0 Å². The summed E-state index contributed by atoms with van der Waals surface area (Å²) < 4.78 is 12.3. The third kappa shape index (κ3) is 5.89. The van der Waals surface area contributed by atoms with E-state index in [1.54, 1.807) is 26.8 Å². The van der Waals surface area contributed by atoms with Gasteiger partial charge < -0.3 is 19.9 Å². The molecule has 0 bridgehead atoms. The van der Waals surface area contributed by atoms with E-state index in [-0.39, 0.29) is 29.0 Å². The zero-order valence-corrected chi connectivity index (χ0v) is 24.1. The Morgan fingerprint density at radius 1 is 0.976 bits per heavy atom. The van der Waals surface area contributed by atoms with Crippen molar-refractivity contribution in [3.63, 3.8) is 0 Å². The van der Waals surface area contributed by atoms with E-state index in [2.05, 4.69) is 5.32 Å². The second-order valence-electron chi connectivity index (χ2n) is 10.9. The number of halogens is 2. The molecule has 3 aromatic carbocycles. The highest BCUT2D eigenvalue weighted by Crippen LogP contribution is 2.44. The number of benzene rings is 3. The van der Waals surface area contributed by atoms with Crippen LogP contribution in [0, 0.1) is 0 Å². The van der Waals surface area contributed by atoms with Crippen molar-refractivity contribution in [1.29, 1.82) is 0 Å². The van der Waals surface area contributed by atoms with Crippen molar-refractivity contribution in [1.82, 2.24) is 9.88 Å². The van der Waals surface area contributed by atoms with Crippen LogP contribution in [0.15, 0.2) is 66.9 Å². The number of carbonyl (C=O) groups is 3. The largest absolute Gasteiger partial charge is 0.480 e. The fourth-order valence-electron chi connectivity index (χ4n) is 5.11. The molecule has 212 valence electrons. The number of aromatic nitrogens is 1. The summed E-state index contributed by atoms with van der Waals surface area (Å²) in [5, 5.41) is 13.4. The number of carbonyl (C=O) groups excluding carboxylic acids is 2. The molecule has 41 heavy (non-hydrogen) atoms. The summed E-state index contributed by atoms with van der Waals surface area (Å²) in [4.78, 5) is 38.0. The second kappa shape index (κ2) is 11.1. The number of carboxylic acid groups (broad SMARTS) is 1. The number of nitrogens with one attached hydrogen (secondary N) is 1. The molecule has 1 aromatic heterocycles. The van der Waals surface area contributed by atoms with Crippen molar-refractivity contribution in [2.24, 2.45) is 0 Å². The number of ether oxygens (including phenoxy) is 2. The summed E-state index contributed by atoms with van der Waals surface area (Å²) in [6, 6.07) is 17.6. The Morgan fingerprint density at radius 2 is 1.56 bits per heavy atom. The van der Waals surface area contributed by atoms with Crippen LogP contribution in [-0.2, 0) is 20.7 Å². The molecule has 1 heterocycles. The molecule has 0 unspecified atom stereocenters. The van der Waals surface area contributed by atoms with Gasteiger partial charge in [0.05, 0.1) is 15.6 Å². The molecule has 1 aliphatic carbocycles. The monoisotopic (exact) mass is 594 g/mol. The zero-order chi connectivity index (χ0) is 29.5. The average Bonchev–Trinajstić information content (AvgIpc) is 3.41. The summed E-state index contributed by atoms with van der Waals surface area (Å²) in [5.74, 6) is -1.44. The van der Waals surface area contributed by atoms with E-state index in [1.807, 2.05) is 48.5 Å². The molecule has 0 saturated heterocycles. The summed E-state index contributed by atoms with van der Waals surface area (Å²) >= 11 is 12.5. The predicted octanol–water partition coefficient (Wildman–Crippen LogP) is 7.27. The minimum absolute atomic E-state index is 0.0399. The lowest BCUT2D eigenvalue weighted by atomic mass is 9.98. The maximum absolute atomic E-state index is 12.9. The van der Waals surface area contributed by atoms with Crippen molar-refractivity contribution in [3.8, 4) is 11.1 Å². The van der Waals surface area contributed by atoms with Gasteiger partial charge in [-0.05, 0) is 60.7 Å². The minimum atomic E-state index is -1.35. The van der Waals surface area contributed by atoms with Gasteiger partial charge >= 0.3 is 18.2 Å². The first kappa shape index (κ1) is 28.5. The molecule has 1 amide bonds. The van der Waals surface area contributed by atoms with Gasteiger partial charge in [-0.25, -0.2) is 14.4 Å². The molecule has 1 aliphatic rings. The molecule has 1 atom stereocenters. The number of fused-ring (bicyclic) bond motifs is 4. The van der Waals surface area contributed by atoms with E-state index in [0.29, 0.717) is 16.5 Å². The number of hydrogen-bond acceptors (Lipinski definition) is 5. The number of aliphatic carboxylic acids is 1.